The topological polar surface area (TPSA) is 57.7 Å². The molecule has 3 amide bonds. The van der Waals surface area contributed by atoms with Gasteiger partial charge in [0.15, 0.2) is 0 Å². The summed E-state index contributed by atoms with van der Waals surface area (Å²) < 4.78 is 0. The minimum Gasteiger partial charge on any atom is -0.294 e. The van der Waals surface area contributed by atoms with E-state index >= 15 is 0 Å². The second kappa shape index (κ2) is 5.29. The van der Waals surface area contributed by atoms with Gasteiger partial charge in [-0.15, -0.1) is 0 Å². The summed E-state index contributed by atoms with van der Waals surface area (Å²) >= 11 is 0. The van der Waals surface area contributed by atoms with Crippen LogP contribution in [0.15, 0.2) is 36.4 Å². The van der Waals surface area contributed by atoms with Gasteiger partial charge in [0.1, 0.15) is 6.67 Å². The number of imide groups is 1. The van der Waals surface area contributed by atoms with E-state index in [1.54, 1.807) is 0 Å². The molecule has 1 saturated heterocycles. The molecule has 2 bridgehead atoms. The number of hydrogen-bond acceptors (Lipinski definition) is 3. The molecule has 5 heteroatoms. The molecule has 6 unspecified atom stereocenters. The molecule has 5 nitrogen and oxygen atoms in total. The third kappa shape index (κ3) is 2.06. The van der Waals surface area contributed by atoms with Crippen molar-refractivity contribution < 1.29 is 14.4 Å². The summed E-state index contributed by atoms with van der Waals surface area (Å²) in [5.41, 5.74) is 1.75. The van der Waals surface area contributed by atoms with Crippen LogP contribution in [0, 0.1) is 42.4 Å². The Kier molecular flexibility index (Phi) is 3.21. The zero-order chi connectivity index (χ0) is 18.2. The number of carbonyl (C=O) groups excluding carboxylic acids is 3. The van der Waals surface area contributed by atoms with E-state index in [2.05, 4.69) is 12.2 Å². The van der Waals surface area contributed by atoms with Gasteiger partial charge in [-0.2, -0.15) is 0 Å². The molecule has 2 saturated carbocycles. The van der Waals surface area contributed by atoms with Gasteiger partial charge in [0.2, 0.25) is 17.7 Å². The summed E-state index contributed by atoms with van der Waals surface area (Å²) in [6.45, 7) is 3.44. The fraction of sp³-hybridized carbons (Fsp3) is 0.476. The number of carbonyl (C=O) groups is 3. The summed E-state index contributed by atoms with van der Waals surface area (Å²) in [7, 11) is 0. The van der Waals surface area contributed by atoms with Crippen molar-refractivity contribution in [1.82, 2.24) is 4.90 Å². The molecular formula is C21H22N2O3. The van der Waals surface area contributed by atoms with Crippen molar-refractivity contribution >= 4 is 23.4 Å². The number of likely N-dealkylation sites (tertiary alicyclic amines) is 1. The molecule has 1 aliphatic heterocycles. The van der Waals surface area contributed by atoms with Gasteiger partial charge < -0.3 is 0 Å². The lowest BCUT2D eigenvalue weighted by Crippen LogP contribution is -2.44. The predicted octanol–water partition coefficient (Wildman–Crippen LogP) is 2.36. The fourth-order valence-corrected chi connectivity index (χ4v) is 5.46. The molecule has 1 heterocycles. The first-order valence-electron chi connectivity index (χ1n) is 9.35. The first kappa shape index (κ1) is 15.8. The van der Waals surface area contributed by atoms with Crippen molar-refractivity contribution in [3.8, 4) is 0 Å². The fourth-order valence-electron chi connectivity index (χ4n) is 5.46. The second-order valence-electron chi connectivity index (χ2n) is 8.19. The molecule has 6 rings (SSSR count). The third-order valence-electron chi connectivity index (χ3n) is 6.73. The standard InChI is InChI=1S/C21H22N2O3/c1-11-4-3-5-13(8-11)22(12(2)24)10-23-20(25)18-14-6-7-15(17-9-16(14)17)19(18)21(23)26/h3-8,14-19H,9-10H2,1-2H3. The highest BCUT2D eigenvalue weighted by Gasteiger charge is 2.67. The maximum atomic E-state index is 13.1. The van der Waals surface area contributed by atoms with E-state index in [1.165, 1.54) is 16.7 Å². The van der Waals surface area contributed by atoms with Crippen molar-refractivity contribution in [2.75, 3.05) is 11.6 Å². The molecule has 0 radical (unpaired) electrons. The Morgan fingerprint density at radius 2 is 1.73 bits per heavy atom. The highest BCUT2D eigenvalue weighted by molar-refractivity contribution is 6.07. The van der Waals surface area contributed by atoms with Crippen molar-refractivity contribution in [1.29, 1.82) is 0 Å². The van der Waals surface area contributed by atoms with Crippen LogP contribution >= 0.6 is 0 Å². The van der Waals surface area contributed by atoms with Crippen LogP contribution < -0.4 is 4.90 Å². The average Bonchev–Trinajstić information content (AvgIpc) is 3.39. The molecule has 0 spiro atoms. The number of aryl methyl sites for hydroxylation is 1. The maximum absolute atomic E-state index is 13.1. The van der Waals surface area contributed by atoms with Crippen LogP contribution in [-0.2, 0) is 14.4 Å². The molecule has 5 aliphatic rings. The predicted molar refractivity (Wildman–Crippen MR) is 95.8 cm³/mol. The summed E-state index contributed by atoms with van der Waals surface area (Å²) in [5, 5.41) is 0. The average molecular weight is 350 g/mol. The Morgan fingerprint density at radius 1 is 1.12 bits per heavy atom. The van der Waals surface area contributed by atoms with Gasteiger partial charge in [-0.3, -0.25) is 24.2 Å². The largest absolute Gasteiger partial charge is 0.294 e. The van der Waals surface area contributed by atoms with Gasteiger partial charge in [0.05, 0.1) is 11.8 Å². The Morgan fingerprint density at radius 3 is 2.27 bits per heavy atom. The summed E-state index contributed by atoms with van der Waals surface area (Å²) in [6, 6.07) is 7.58. The van der Waals surface area contributed by atoms with Gasteiger partial charge in [0, 0.05) is 12.6 Å². The van der Waals surface area contributed by atoms with E-state index in [9.17, 15) is 14.4 Å². The van der Waals surface area contributed by atoms with E-state index in [4.69, 9.17) is 0 Å². The number of benzene rings is 1. The minimum absolute atomic E-state index is 0.0121. The molecule has 1 aromatic carbocycles. The van der Waals surface area contributed by atoms with Crippen LogP contribution in [0.25, 0.3) is 0 Å². The molecule has 3 fully saturated rings. The zero-order valence-electron chi connectivity index (χ0n) is 15.0. The Labute approximate surface area is 152 Å². The van der Waals surface area contributed by atoms with Gasteiger partial charge in [-0.05, 0) is 54.7 Å². The summed E-state index contributed by atoms with van der Waals surface area (Å²) in [4.78, 5) is 41.3. The van der Waals surface area contributed by atoms with Crippen molar-refractivity contribution in [3.05, 3.63) is 42.0 Å². The first-order valence-corrected chi connectivity index (χ1v) is 9.35. The number of rotatable bonds is 3. The van der Waals surface area contributed by atoms with E-state index in [0.717, 1.165) is 17.7 Å². The molecule has 0 aromatic heterocycles. The Hall–Kier alpha value is -2.43. The van der Waals surface area contributed by atoms with Crippen molar-refractivity contribution in [2.45, 2.75) is 20.3 Å². The lowest BCUT2D eigenvalue weighted by atomic mass is 9.63. The van der Waals surface area contributed by atoms with Crippen LogP contribution in [0.3, 0.4) is 0 Å². The zero-order valence-corrected chi connectivity index (χ0v) is 15.0. The molecule has 6 atom stereocenters. The summed E-state index contributed by atoms with van der Waals surface area (Å²) in [6.07, 6.45) is 5.48. The Balaban J connectivity index is 1.45. The van der Waals surface area contributed by atoms with Crippen LogP contribution in [0.2, 0.25) is 0 Å². The van der Waals surface area contributed by atoms with Crippen molar-refractivity contribution in [3.63, 3.8) is 0 Å². The normalized spacial score (nSPS) is 36.2. The smallest absolute Gasteiger partial charge is 0.235 e. The molecule has 26 heavy (non-hydrogen) atoms. The minimum atomic E-state index is -0.215. The lowest BCUT2D eigenvalue weighted by molar-refractivity contribution is -0.140. The monoisotopic (exact) mass is 350 g/mol. The van der Waals surface area contributed by atoms with Crippen molar-refractivity contribution in [2.24, 2.45) is 35.5 Å². The molecular weight excluding hydrogens is 328 g/mol. The molecule has 134 valence electrons. The van der Waals surface area contributed by atoms with E-state index in [1.807, 2.05) is 31.2 Å². The van der Waals surface area contributed by atoms with Crippen LogP contribution in [0.5, 0.6) is 0 Å². The molecule has 4 aliphatic carbocycles. The van der Waals surface area contributed by atoms with Crippen LogP contribution in [0.4, 0.5) is 5.69 Å². The van der Waals surface area contributed by atoms with Gasteiger partial charge in [0.25, 0.3) is 0 Å². The van der Waals surface area contributed by atoms with E-state index < -0.39 is 0 Å². The number of anilines is 1. The summed E-state index contributed by atoms with van der Waals surface area (Å²) in [5.74, 6) is 0.803. The second-order valence-corrected chi connectivity index (χ2v) is 8.19. The van der Waals surface area contributed by atoms with Gasteiger partial charge >= 0.3 is 0 Å². The number of amides is 3. The quantitative estimate of drug-likeness (QED) is 0.621. The number of allylic oxidation sites excluding steroid dienone is 2. The molecule has 1 aromatic rings. The lowest BCUT2D eigenvalue weighted by Gasteiger charge is -2.37. The van der Waals surface area contributed by atoms with Crippen LogP contribution in [-0.4, -0.2) is 29.3 Å². The number of hydrogen-bond donors (Lipinski definition) is 0. The SMILES string of the molecule is CC(=O)N(CN1C(=O)C2C3C=CC(C4CC34)C2C1=O)c1cccc(C)c1. The maximum Gasteiger partial charge on any atom is 0.235 e. The van der Waals surface area contributed by atoms with Crippen LogP contribution in [0.1, 0.15) is 18.9 Å². The highest BCUT2D eigenvalue weighted by atomic mass is 16.2. The third-order valence-corrected chi connectivity index (χ3v) is 6.73. The highest BCUT2D eigenvalue weighted by Crippen LogP contribution is 2.65. The van der Waals surface area contributed by atoms with E-state index in [0.29, 0.717) is 11.8 Å². The number of nitrogens with zero attached hydrogens (tertiary/aromatic N) is 2. The Bertz CT molecular complexity index is 825. The molecule has 0 N–H and O–H groups in total. The van der Waals surface area contributed by atoms with Gasteiger partial charge in [-0.25, -0.2) is 0 Å². The van der Waals surface area contributed by atoms with E-state index in [-0.39, 0.29) is 48.1 Å². The van der Waals surface area contributed by atoms with Gasteiger partial charge in [-0.1, -0.05) is 24.3 Å². The first-order chi connectivity index (χ1) is 12.5.